The molecule has 6 heteroatoms. The second-order valence-electron chi connectivity index (χ2n) is 3.19. The van der Waals surface area contributed by atoms with E-state index in [1.54, 1.807) is 6.07 Å². The largest absolute Gasteiger partial charge is 0.483 e. The number of benzene rings is 1. The van der Waals surface area contributed by atoms with E-state index in [1.165, 1.54) is 12.1 Å². The molecule has 0 spiro atoms. The van der Waals surface area contributed by atoms with E-state index in [2.05, 4.69) is 5.32 Å². The zero-order valence-corrected chi connectivity index (χ0v) is 11.4. The van der Waals surface area contributed by atoms with Crippen LogP contribution in [-0.2, 0) is 4.79 Å². The molecular formula is C11H12INO4. The Labute approximate surface area is 112 Å². The molecule has 0 atom stereocenters. The van der Waals surface area contributed by atoms with Gasteiger partial charge < -0.3 is 15.2 Å². The van der Waals surface area contributed by atoms with E-state index in [1.807, 2.05) is 29.5 Å². The van der Waals surface area contributed by atoms with Crippen molar-refractivity contribution in [3.8, 4) is 5.75 Å². The molecule has 92 valence electrons. The van der Waals surface area contributed by atoms with Crippen LogP contribution in [0.5, 0.6) is 5.75 Å². The van der Waals surface area contributed by atoms with Gasteiger partial charge in [-0.05, 0) is 47.7 Å². The van der Waals surface area contributed by atoms with Gasteiger partial charge in [-0.1, -0.05) is 0 Å². The Morgan fingerprint density at radius 2 is 2.18 bits per heavy atom. The van der Waals surface area contributed by atoms with Crippen LogP contribution in [0.2, 0.25) is 0 Å². The Hall–Kier alpha value is -1.31. The topological polar surface area (TPSA) is 75.6 Å². The van der Waals surface area contributed by atoms with Gasteiger partial charge in [-0.2, -0.15) is 0 Å². The molecule has 1 amide bonds. The van der Waals surface area contributed by atoms with Gasteiger partial charge in [0.05, 0.1) is 9.13 Å². The average molecular weight is 349 g/mol. The molecule has 1 aromatic carbocycles. The van der Waals surface area contributed by atoms with E-state index < -0.39 is 5.97 Å². The van der Waals surface area contributed by atoms with Crippen LogP contribution in [0.1, 0.15) is 17.3 Å². The summed E-state index contributed by atoms with van der Waals surface area (Å²) in [7, 11) is 0. The van der Waals surface area contributed by atoms with Gasteiger partial charge in [-0.25, -0.2) is 4.79 Å². The molecule has 0 saturated carbocycles. The molecule has 2 N–H and O–H groups in total. The van der Waals surface area contributed by atoms with Crippen molar-refractivity contribution in [3.05, 3.63) is 27.3 Å². The first-order valence-corrected chi connectivity index (χ1v) is 6.04. The summed E-state index contributed by atoms with van der Waals surface area (Å²) in [6.07, 6.45) is 0. The van der Waals surface area contributed by atoms with E-state index in [9.17, 15) is 9.59 Å². The number of carboxylic acid groups (broad SMARTS) is 1. The number of likely N-dealkylation sites (N-methyl/N-ethyl adjacent to an activating group) is 1. The van der Waals surface area contributed by atoms with Crippen LogP contribution in [0.3, 0.4) is 0 Å². The van der Waals surface area contributed by atoms with Crippen molar-refractivity contribution in [2.45, 2.75) is 6.92 Å². The highest BCUT2D eigenvalue weighted by Gasteiger charge is 2.09. The third-order valence-corrected chi connectivity index (χ3v) is 2.80. The van der Waals surface area contributed by atoms with E-state index in [-0.39, 0.29) is 18.1 Å². The van der Waals surface area contributed by atoms with Gasteiger partial charge in [0.15, 0.2) is 6.61 Å². The maximum Gasteiger partial charge on any atom is 0.335 e. The third kappa shape index (κ3) is 4.22. The van der Waals surface area contributed by atoms with Crippen LogP contribution >= 0.6 is 22.6 Å². The summed E-state index contributed by atoms with van der Waals surface area (Å²) in [5.74, 6) is -0.856. The van der Waals surface area contributed by atoms with Crippen molar-refractivity contribution in [2.24, 2.45) is 0 Å². The molecule has 0 fully saturated rings. The van der Waals surface area contributed by atoms with Gasteiger partial charge in [0.2, 0.25) is 0 Å². The minimum Gasteiger partial charge on any atom is -0.483 e. The lowest BCUT2D eigenvalue weighted by atomic mass is 10.2. The van der Waals surface area contributed by atoms with Crippen molar-refractivity contribution >= 4 is 34.5 Å². The first-order valence-electron chi connectivity index (χ1n) is 4.97. The Morgan fingerprint density at radius 3 is 2.76 bits per heavy atom. The quantitative estimate of drug-likeness (QED) is 0.791. The molecule has 0 aliphatic rings. The molecule has 0 bridgehead atoms. The Kier molecular flexibility index (Phi) is 5.20. The molecule has 0 saturated heterocycles. The van der Waals surface area contributed by atoms with Gasteiger partial charge in [-0.15, -0.1) is 0 Å². The fourth-order valence-electron chi connectivity index (χ4n) is 1.14. The number of carboxylic acids is 1. The molecule has 5 nitrogen and oxygen atoms in total. The van der Waals surface area contributed by atoms with Crippen LogP contribution in [0.25, 0.3) is 0 Å². The fraction of sp³-hybridized carbons (Fsp3) is 0.273. The number of aromatic carboxylic acids is 1. The summed E-state index contributed by atoms with van der Waals surface area (Å²) in [5.41, 5.74) is 0.135. The fourth-order valence-corrected chi connectivity index (χ4v) is 1.63. The predicted octanol–water partition coefficient (Wildman–Crippen LogP) is 1.50. The number of carbonyl (C=O) groups is 2. The minimum absolute atomic E-state index is 0.118. The number of hydrogen-bond acceptors (Lipinski definition) is 3. The van der Waals surface area contributed by atoms with Crippen LogP contribution < -0.4 is 10.1 Å². The summed E-state index contributed by atoms with van der Waals surface area (Å²) in [5, 5.41) is 11.4. The molecule has 0 radical (unpaired) electrons. The summed E-state index contributed by atoms with van der Waals surface area (Å²) in [6, 6.07) is 4.53. The van der Waals surface area contributed by atoms with Crippen LogP contribution in [-0.4, -0.2) is 30.1 Å². The van der Waals surface area contributed by atoms with Crippen molar-refractivity contribution < 1.29 is 19.4 Å². The zero-order valence-electron chi connectivity index (χ0n) is 9.20. The normalized spacial score (nSPS) is 9.76. The first-order chi connectivity index (χ1) is 8.04. The first kappa shape index (κ1) is 13.8. The SMILES string of the molecule is CCNC(=O)COc1cc(C(=O)O)ccc1I. The highest BCUT2D eigenvalue weighted by Crippen LogP contribution is 2.22. The zero-order chi connectivity index (χ0) is 12.8. The van der Waals surface area contributed by atoms with E-state index >= 15 is 0 Å². The van der Waals surface area contributed by atoms with Crippen LogP contribution in [0, 0.1) is 3.57 Å². The monoisotopic (exact) mass is 349 g/mol. The van der Waals surface area contributed by atoms with E-state index in [0.717, 1.165) is 3.57 Å². The van der Waals surface area contributed by atoms with Gasteiger partial charge >= 0.3 is 5.97 Å². The van der Waals surface area contributed by atoms with Gasteiger partial charge in [-0.3, -0.25) is 4.79 Å². The van der Waals surface area contributed by atoms with Crippen molar-refractivity contribution in [2.75, 3.05) is 13.2 Å². The second-order valence-corrected chi connectivity index (χ2v) is 4.35. The van der Waals surface area contributed by atoms with Crippen molar-refractivity contribution in [1.82, 2.24) is 5.32 Å². The Morgan fingerprint density at radius 1 is 1.47 bits per heavy atom. The van der Waals surface area contributed by atoms with Gasteiger partial charge in [0.1, 0.15) is 5.75 Å². The van der Waals surface area contributed by atoms with E-state index in [4.69, 9.17) is 9.84 Å². The highest BCUT2D eigenvalue weighted by atomic mass is 127. The number of hydrogen-bond donors (Lipinski definition) is 2. The summed E-state index contributed by atoms with van der Waals surface area (Å²) < 4.78 is 6.02. The lowest BCUT2D eigenvalue weighted by Gasteiger charge is -2.08. The Bertz CT molecular complexity index is 433. The Balaban J connectivity index is 2.73. The molecule has 0 aliphatic heterocycles. The smallest absolute Gasteiger partial charge is 0.335 e. The number of ether oxygens (including phenoxy) is 1. The van der Waals surface area contributed by atoms with Crippen molar-refractivity contribution in [1.29, 1.82) is 0 Å². The molecule has 17 heavy (non-hydrogen) atoms. The maximum atomic E-state index is 11.2. The number of nitrogens with one attached hydrogen (secondary N) is 1. The minimum atomic E-state index is -1.02. The average Bonchev–Trinajstić information content (AvgIpc) is 2.28. The lowest BCUT2D eigenvalue weighted by molar-refractivity contribution is -0.123. The summed E-state index contributed by atoms with van der Waals surface area (Å²) in [4.78, 5) is 22.0. The molecule has 0 aromatic heterocycles. The van der Waals surface area contributed by atoms with Crippen LogP contribution in [0.15, 0.2) is 18.2 Å². The van der Waals surface area contributed by atoms with Crippen molar-refractivity contribution in [3.63, 3.8) is 0 Å². The molecule has 0 heterocycles. The summed E-state index contributed by atoms with van der Waals surface area (Å²) >= 11 is 2.02. The molecule has 1 aromatic rings. The predicted molar refractivity (Wildman–Crippen MR) is 70.3 cm³/mol. The van der Waals surface area contributed by atoms with Gasteiger partial charge in [0, 0.05) is 6.54 Å². The maximum absolute atomic E-state index is 11.2. The molecule has 1 rings (SSSR count). The number of amides is 1. The second kappa shape index (κ2) is 6.43. The standard InChI is InChI=1S/C11H12INO4/c1-2-13-10(14)6-17-9-5-7(11(15)16)3-4-8(9)12/h3-5H,2,6H2,1H3,(H,13,14)(H,15,16). The lowest BCUT2D eigenvalue weighted by Crippen LogP contribution is -2.28. The molecule has 0 unspecified atom stereocenters. The molecule has 0 aliphatic carbocycles. The van der Waals surface area contributed by atoms with Crippen LogP contribution in [0.4, 0.5) is 0 Å². The van der Waals surface area contributed by atoms with E-state index in [0.29, 0.717) is 12.3 Å². The number of halogens is 1. The molecular weight excluding hydrogens is 337 g/mol. The van der Waals surface area contributed by atoms with Gasteiger partial charge in [0.25, 0.3) is 5.91 Å². The third-order valence-electron chi connectivity index (χ3n) is 1.91. The highest BCUT2D eigenvalue weighted by molar-refractivity contribution is 14.1. The number of rotatable bonds is 5. The number of carbonyl (C=O) groups excluding carboxylic acids is 1. The summed E-state index contributed by atoms with van der Waals surface area (Å²) in [6.45, 7) is 2.23.